The van der Waals surface area contributed by atoms with Gasteiger partial charge in [0, 0.05) is 19.2 Å². The minimum Gasteiger partial charge on any atom is -0.299 e. The van der Waals surface area contributed by atoms with E-state index in [1.54, 1.807) is 24.0 Å². The van der Waals surface area contributed by atoms with Crippen molar-refractivity contribution in [3.63, 3.8) is 0 Å². The Kier molecular flexibility index (Phi) is 2.84. The van der Waals surface area contributed by atoms with Gasteiger partial charge < -0.3 is 0 Å². The van der Waals surface area contributed by atoms with Crippen LogP contribution in [0.5, 0.6) is 0 Å². The molecule has 0 N–H and O–H groups in total. The minimum absolute atomic E-state index is 0.0126. The largest absolute Gasteiger partial charge is 0.299 e. The van der Waals surface area contributed by atoms with E-state index in [1.165, 1.54) is 0 Å². The molecule has 1 aliphatic rings. The maximum atomic E-state index is 11.8. The van der Waals surface area contributed by atoms with Crippen molar-refractivity contribution in [2.45, 2.75) is 12.8 Å². The molecule has 1 unspecified atom stereocenters. The second-order valence-electron chi connectivity index (χ2n) is 4.22. The Bertz CT molecular complexity index is 504. The fourth-order valence-electron chi connectivity index (χ4n) is 1.93. The van der Waals surface area contributed by atoms with Gasteiger partial charge in [-0.1, -0.05) is 0 Å². The van der Waals surface area contributed by atoms with Crippen molar-refractivity contribution in [2.75, 3.05) is 11.5 Å². The number of hydrogen-bond donors (Lipinski definition) is 0. The topological polar surface area (TPSA) is 69.0 Å². The molecule has 1 saturated heterocycles. The highest BCUT2D eigenvalue weighted by molar-refractivity contribution is 7.91. The predicted molar refractivity (Wildman–Crippen MR) is 58.7 cm³/mol. The molecule has 0 radical (unpaired) electrons. The highest BCUT2D eigenvalue weighted by Crippen LogP contribution is 2.20. The molecule has 0 aliphatic carbocycles. The molecule has 5 nitrogen and oxygen atoms in total. The molecule has 0 saturated carbocycles. The summed E-state index contributed by atoms with van der Waals surface area (Å²) in [5, 5.41) is 4.10. The molecule has 0 bridgehead atoms. The van der Waals surface area contributed by atoms with E-state index in [2.05, 4.69) is 5.10 Å². The molecule has 1 aromatic rings. The Hall–Kier alpha value is -1.17. The number of aryl methyl sites for hydroxylation is 1. The monoisotopic (exact) mass is 242 g/mol. The van der Waals surface area contributed by atoms with Crippen LogP contribution in [0.3, 0.4) is 0 Å². The van der Waals surface area contributed by atoms with Crippen LogP contribution in [-0.2, 0) is 28.1 Å². The molecule has 1 fully saturated rings. The number of nitrogens with zero attached hydrogens (tertiary/aromatic N) is 2. The summed E-state index contributed by atoms with van der Waals surface area (Å²) in [7, 11) is -1.19. The SMILES string of the molecule is Cn1ccc(CC(=O)C2CCS(=O)(=O)C2)n1. The molecule has 6 heteroatoms. The van der Waals surface area contributed by atoms with Gasteiger partial charge in [-0.3, -0.25) is 9.48 Å². The number of rotatable bonds is 3. The summed E-state index contributed by atoms with van der Waals surface area (Å²) in [6.45, 7) is 0. The molecule has 1 aliphatic heterocycles. The maximum Gasteiger partial charge on any atom is 0.151 e. The van der Waals surface area contributed by atoms with Gasteiger partial charge in [0.25, 0.3) is 0 Å². The smallest absolute Gasteiger partial charge is 0.151 e. The third kappa shape index (κ3) is 2.49. The third-order valence-corrected chi connectivity index (χ3v) is 4.58. The normalized spacial score (nSPS) is 23.4. The molecule has 1 aromatic heterocycles. The first-order valence-corrected chi connectivity index (χ1v) is 7.00. The lowest BCUT2D eigenvalue weighted by atomic mass is 10.0. The lowest BCUT2D eigenvalue weighted by molar-refractivity contribution is -0.121. The van der Waals surface area contributed by atoms with Crippen LogP contribution in [0.15, 0.2) is 12.3 Å². The number of carbonyl (C=O) groups is 1. The van der Waals surface area contributed by atoms with Crippen LogP contribution < -0.4 is 0 Å². The lowest BCUT2D eigenvalue weighted by Gasteiger charge is -2.04. The summed E-state index contributed by atoms with van der Waals surface area (Å²) < 4.78 is 24.1. The van der Waals surface area contributed by atoms with Crippen LogP contribution in [0, 0.1) is 5.92 Å². The van der Waals surface area contributed by atoms with Gasteiger partial charge in [0.05, 0.1) is 23.6 Å². The zero-order chi connectivity index (χ0) is 11.8. The number of sulfone groups is 1. The maximum absolute atomic E-state index is 11.8. The second-order valence-corrected chi connectivity index (χ2v) is 6.45. The molecule has 0 aromatic carbocycles. The number of Topliss-reactive ketones (excluding diaryl/α,β-unsaturated/α-hetero) is 1. The molecule has 2 heterocycles. The summed E-state index contributed by atoms with van der Waals surface area (Å²) in [5.74, 6) is -0.184. The van der Waals surface area contributed by atoms with E-state index >= 15 is 0 Å². The second kappa shape index (κ2) is 4.01. The van der Waals surface area contributed by atoms with Gasteiger partial charge in [0.1, 0.15) is 5.78 Å². The van der Waals surface area contributed by atoms with Gasteiger partial charge in [-0.05, 0) is 12.5 Å². The van der Waals surface area contributed by atoms with E-state index in [0.717, 1.165) is 0 Å². The van der Waals surface area contributed by atoms with E-state index in [9.17, 15) is 13.2 Å². The summed E-state index contributed by atoms with van der Waals surface area (Å²) >= 11 is 0. The molecule has 1 atom stereocenters. The first-order valence-electron chi connectivity index (χ1n) is 5.18. The molecule has 0 spiro atoms. The standard InChI is InChI=1S/C10H14N2O3S/c1-12-4-2-9(11-12)6-10(13)8-3-5-16(14,15)7-8/h2,4,8H,3,5-7H2,1H3. The fourth-order valence-corrected chi connectivity index (χ4v) is 3.71. The zero-order valence-corrected chi connectivity index (χ0v) is 9.90. The van der Waals surface area contributed by atoms with Gasteiger partial charge in [-0.25, -0.2) is 8.42 Å². The van der Waals surface area contributed by atoms with E-state index in [-0.39, 0.29) is 29.6 Å². The van der Waals surface area contributed by atoms with Crippen LogP contribution in [0.4, 0.5) is 0 Å². The molecule has 16 heavy (non-hydrogen) atoms. The highest BCUT2D eigenvalue weighted by atomic mass is 32.2. The van der Waals surface area contributed by atoms with E-state index in [1.807, 2.05) is 0 Å². The average molecular weight is 242 g/mol. The molecule has 0 amide bonds. The first kappa shape index (κ1) is 11.3. The van der Waals surface area contributed by atoms with Gasteiger partial charge in [0.15, 0.2) is 9.84 Å². The summed E-state index contributed by atoms with van der Waals surface area (Å²) in [6.07, 6.45) is 2.48. The van der Waals surface area contributed by atoms with E-state index in [4.69, 9.17) is 0 Å². The van der Waals surface area contributed by atoms with E-state index in [0.29, 0.717) is 12.1 Å². The Morgan fingerprint density at radius 1 is 1.62 bits per heavy atom. The van der Waals surface area contributed by atoms with Crippen molar-refractivity contribution in [2.24, 2.45) is 13.0 Å². The van der Waals surface area contributed by atoms with Crippen LogP contribution >= 0.6 is 0 Å². The minimum atomic E-state index is -2.97. The first-order chi connectivity index (χ1) is 7.46. The zero-order valence-electron chi connectivity index (χ0n) is 9.09. The molecular formula is C10H14N2O3S. The van der Waals surface area contributed by atoms with Crippen molar-refractivity contribution < 1.29 is 13.2 Å². The molecular weight excluding hydrogens is 228 g/mol. The van der Waals surface area contributed by atoms with E-state index < -0.39 is 9.84 Å². The number of carbonyl (C=O) groups excluding carboxylic acids is 1. The van der Waals surface area contributed by atoms with Crippen LogP contribution in [0.25, 0.3) is 0 Å². The van der Waals surface area contributed by atoms with Crippen LogP contribution in [0.1, 0.15) is 12.1 Å². The predicted octanol–water partition coefficient (Wildman–Crippen LogP) is -0.0336. The Morgan fingerprint density at radius 2 is 2.38 bits per heavy atom. The van der Waals surface area contributed by atoms with Crippen LogP contribution in [-0.4, -0.2) is 35.5 Å². The lowest BCUT2D eigenvalue weighted by Crippen LogP contribution is -2.18. The van der Waals surface area contributed by atoms with Crippen molar-refractivity contribution in [3.05, 3.63) is 18.0 Å². The number of hydrogen-bond acceptors (Lipinski definition) is 4. The summed E-state index contributed by atoms with van der Waals surface area (Å²) in [6, 6.07) is 1.78. The quantitative estimate of drug-likeness (QED) is 0.746. The van der Waals surface area contributed by atoms with Crippen molar-refractivity contribution in [1.29, 1.82) is 0 Å². The van der Waals surface area contributed by atoms with Crippen LogP contribution in [0.2, 0.25) is 0 Å². The van der Waals surface area contributed by atoms with Gasteiger partial charge in [0.2, 0.25) is 0 Å². The van der Waals surface area contributed by atoms with Gasteiger partial charge in [-0.2, -0.15) is 5.10 Å². The fraction of sp³-hybridized carbons (Fsp3) is 0.600. The Labute approximate surface area is 94.4 Å². The van der Waals surface area contributed by atoms with Crippen molar-refractivity contribution in [1.82, 2.24) is 9.78 Å². The van der Waals surface area contributed by atoms with Gasteiger partial charge >= 0.3 is 0 Å². The Morgan fingerprint density at radius 3 is 2.88 bits per heavy atom. The number of ketones is 1. The highest BCUT2D eigenvalue weighted by Gasteiger charge is 2.32. The summed E-state index contributed by atoms with van der Waals surface area (Å²) in [4.78, 5) is 11.8. The molecule has 2 rings (SSSR count). The summed E-state index contributed by atoms with van der Waals surface area (Å²) in [5.41, 5.74) is 0.705. The number of aromatic nitrogens is 2. The van der Waals surface area contributed by atoms with Gasteiger partial charge in [-0.15, -0.1) is 0 Å². The van der Waals surface area contributed by atoms with Crippen molar-refractivity contribution in [3.8, 4) is 0 Å². The average Bonchev–Trinajstić information content (AvgIpc) is 2.72. The Balaban J connectivity index is 1.99. The van der Waals surface area contributed by atoms with Crippen molar-refractivity contribution >= 4 is 15.6 Å². The third-order valence-electron chi connectivity index (χ3n) is 2.81. The molecule has 88 valence electrons.